The average Bonchev–Trinajstić information content (AvgIpc) is 2.72. The smallest absolute Gasteiger partial charge is 0.254 e. The van der Waals surface area contributed by atoms with Crippen molar-refractivity contribution in [2.45, 2.75) is 6.92 Å². The number of carbonyl (C=O) groups excluding carboxylic acids is 1. The first kappa shape index (κ1) is 19.2. The van der Waals surface area contributed by atoms with Crippen LogP contribution in [0.2, 0.25) is 10.0 Å². The van der Waals surface area contributed by atoms with Crippen LogP contribution in [0.4, 0.5) is 0 Å². The van der Waals surface area contributed by atoms with Gasteiger partial charge < -0.3 is 9.80 Å². The fourth-order valence-corrected chi connectivity index (χ4v) is 4.13. The van der Waals surface area contributed by atoms with Gasteiger partial charge in [-0.05, 0) is 36.9 Å². The van der Waals surface area contributed by atoms with E-state index in [0.717, 1.165) is 49.2 Å². The number of hydrogen-bond acceptors (Lipinski definition) is 3. The molecule has 6 heteroatoms. The van der Waals surface area contributed by atoms with E-state index in [1.807, 2.05) is 41.3 Å². The number of para-hydroxylation sites is 1. The largest absolute Gasteiger partial charge is 0.336 e. The summed E-state index contributed by atoms with van der Waals surface area (Å²) in [5.41, 5.74) is 2.88. The first-order valence-corrected chi connectivity index (χ1v) is 10.2. The molecule has 4 nitrogen and oxygen atoms in total. The van der Waals surface area contributed by atoms with E-state index in [1.54, 1.807) is 12.1 Å². The van der Waals surface area contributed by atoms with Crippen LogP contribution in [0.15, 0.2) is 48.5 Å². The number of benzene rings is 2. The van der Waals surface area contributed by atoms with Crippen molar-refractivity contribution in [3.63, 3.8) is 0 Å². The third-order valence-corrected chi connectivity index (χ3v) is 5.81. The molecule has 0 atom stereocenters. The van der Waals surface area contributed by atoms with E-state index in [4.69, 9.17) is 28.2 Å². The topological polar surface area (TPSA) is 36.4 Å². The molecule has 1 aliphatic heterocycles. The first-order valence-electron chi connectivity index (χ1n) is 9.43. The Kier molecular flexibility index (Phi) is 5.54. The zero-order valence-electron chi connectivity index (χ0n) is 15.7. The Hall–Kier alpha value is -2.14. The van der Waals surface area contributed by atoms with E-state index < -0.39 is 0 Å². The van der Waals surface area contributed by atoms with Crippen molar-refractivity contribution in [2.75, 3.05) is 32.7 Å². The summed E-state index contributed by atoms with van der Waals surface area (Å²) in [6.45, 7) is 6.44. The molecule has 0 radical (unpaired) electrons. The Labute approximate surface area is 174 Å². The van der Waals surface area contributed by atoms with Crippen LogP contribution in [0.5, 0.6) is 0 Å². The molecule has 0 N–H and O–H groups in total. The van der Waals surface area contributed by atoms with Gasteiger partial charge in [0.25, 0.3) is 5.91 Å². The maximum atomic E-state index is 13.4. The molecule has 4 rings (SSSR count). The number of carbonyl (C=O) groups is 1. The van der Waals surface area contributed by atoms with Crippen molar-refractivity contribution >= 4 is 40.0 Å². The summed E-state index contributed by atoms with van der Waals surface area (Å²) in [4.78, 5) is 22.4. The van der Waals surface area contributed by atoms with Gasteiger partial charge in [0.05, 0.1) is 21.8 Å². The average molecular weight is 414 g/mol. The highest BCUT2D eigenvalue weighted by Gasteiger charge is 2.24. The Morgan fingerprint density at radius 1 is 1.04 bits per heavy atom. The van der Waals surface area contributed by atoms with E-state index in [-0.39, 0.29) is 5.91 Å². The maximum absolute atomic E-state index is 13.4. The van der Waals surface area contributed by atoms with Crippen molar-refractivity contribution in [1.82, 2.24) is 14.8 Å². The summed E-state index contributed by atoms with van der Waals surface area (Å²) in [5, 5.41) is 1.95. The van der Waals surface area contributed by atoms with Gasteiger partial charge in [-0.25, -0.2) is 4.98 Å². The number of halogens is 2. The van der Waals surface area contributed by atoms with Gasteiger partial charge in [0.1, 0.15) is 0 Å². The standard InChI is InChI=1S/C22H21Cl2N3O/c1-2-26-9-11-27(12-10-26)22(28)18-14-21(17-8-7-15(23)13-19(17)24)25-20-6-4-3-5-16(18)20/h3-8,13-14H,2,9-12H2,1H3. The number of likely N-dealkylation sites (N-methyl/N-ethyl adjacent to an activating group) is 1. The molecule has 144 valence electrons. The second kappa shape index (κ2) is 8.08. The highest BCUT2D eigenvalue weighted by molar-refractivity contribution is 6.36. The van der Waals surface area contributed by atoms with Crippen molar-refractivity contribution in [3.8, 4) is 11.3 Å². The highest BCUT2D eigenvalue weighted by atomic mass is 35.5. The van der Waals surface area contributed by atoms with Gasteiger partial charge in [0.2, 0.25) is 0 Å². The van der Waals surface area contributed by atoms with Crippen molar-refractivity contribution in [1.29, 1.82) is 0 Å². The van der Waals surface area contributed by atoms with Gasteiger partial charge in [0.15, 0.2) is 0 Å². The predicted octanol–water partition coefficient (Wildman–Crippen LogP) is 4.99. The predicted molar refractivity (Wildman–Crippen MR) is 115 cm³/mol. The molecule has 1 aliphatic rings. The minimum Gasteiger partial charge on any atom is -0.336 e. The van der Waals surface area contributed by atoms with Gasteiger partial charge in [-0.1, -0.05) is 48.3 Å². The Morgan fingerprint density at radius 2 is 1.79 bits per heavy atom. The monoisotopic (exact) mass is 413 g/mol. The number of nitrogens with zero attached hydrogens (tertiary/aromatic N) is 3. The van der Waals surface area contributed by atoms with Crippen LogP contribution in [-0.4, -0.2) is 53.4 Å². The van der Waals surface area contributed by atoms with Crippen LogP contribution >= 0.6 is 23.2 Å². The molecule has 0 unspecified atom stereocenters. The third kappa shape index (κ3) is 3.72. The minimum absolute atomic E-state index is 0.0423. The van der Waals surface area contributed by atoms with Crippen molar-refractivity contribution in [3.05, 3.63) is 64.1 Å². The van der Waals surface area contributed by atoms with Crippen LogP contribution in [0.25, 0.3) is 22.2 Å². The van der Waals surface area contributed by atoms with Crippen LogP contribution < -0.4 is 0 Å². The number of fused-ring (bicyclic) bond motifs is 1. The van der Waals surface area contributed by atoms with E-state index in [2.05, 4.69) is 11.8 Å². The molecular weight excluding hydrogens is 393 g/mol. The lowest BCUT2D eigenvalue weighted by atomic mass is 10.0. The fourth-order valence-electron chi connectivity index (χ4n) is 3.63. The zero-order valence-corrected chi connectivity index (χ0v) is 17.2. The zero-order chi connectivity index (χ0) is 19.7. The second-order valence-electron chi connectivity index (χ2n) is 6.92. The first-order chi connectivity index (χ1) is 13.6. The van der Waals surface area contributed by atoms with Gasteiger partial charge in [0, 0.05) is 42.2 Å². The molecule has 0 saturated carbocycles. The molecular formula is C22H21Cl2N3O. The Bertz CT molecular complexity index is 1030. The Balaban J connectivity index is 1.78. The summed E-state index contributed by atoms with van der Waals surface area (Å²) in [6, 6.07) is 14.9. The lowest BCUT2D eigenvalue weighted by Gasteiger charge is -2.34. The molecule has 28 heavy (non-hydrogen) atoms. The van der Waals surface area contributed by atoms with E-state index >= 15 is 0 Å². The van der Waals surface area contributed by atoms with Crippen molar-refractivity contribution in [2.24, 2.45) is 0 Å². The SMILES string of the molecule is CCN1CCN(C(=O)c2cc(-c3ccc(Cl)cc3Cl)nc3ccccc23)CC1. The number of piperazine rings is 1. The molecule has 1 amide bonds. The lowest BCUT2D eigenvalue weighted by molar-refractivity contribution is 0.0645. The van der Waals surface area contributed by atoms with Gasteiger partial charge in [-0.2, -0.15) is 0 Å². The van der Waals surface area contributed by atoms with Crippen LogP contribution in [0, 0.1) is 0 Å². The van der Waals surface area contributed by atoms with E-state index in [9.17, 15) is 4.79 Å². The molecule has 1 fully saturated rings. The summed E-state index contributed by atoms with van der Waals surface area (Å²) in [5.74, 6) is 0.0423. The second-order valence-corrected chi connectivity index (χ2v) is 7.77. The van der Waals surface area contributed by atoms with Crippen LogP contribution in [0.3, 0.4) is 0 Å². The number of aromatic nitrogens is 1. The van der Waals surface area contributed by atoms with Gasteiger partial charge in [-0.3, -0.25) is 4.79 Å². The molecule has 1 aromatic heterocycles. The summed E-state index contributed by atoms with van der Waals surface area (Å²) in [6.07, 6.45) is 0. The summed E-state index contributed by atoms with van der Waals surface area (Å²) >= 11 is 12.4. The molecule has 1 saturated heterocycles. The maximum Gasteiger partial charge on any atom is 0.254 e. The lowest BCUT2D eigenvalue weighted by Crippen LogP contribution is -2.48. The fraction of sp³-hybridized carbons (Fsp3) is 0.273. The molecule has 0 aliphatic carbocycles. The molecule has 2 aromatic carbocycles. The molecule has 0 bridgehead atoms. The van der Waals surface area contributed by atoms with Crippen LogP contribution in [-0.2, 0) is 0 Å². The normalized spacial score (nSPS) is 15.2. The molecule has 3 aromatic rings. The van der Waals surface area contributed by atoms with Crippen molar-refractivity contribution < 1.29 is 4.79 Å². The van der Waals surface area contributed by atoms with Gasteiger partial charge >= 0.3 is 0 Å². The molecule has 2 heterocycles. The summed E-state index contributed by atoms with van der Waals surface area (Å²) < 4.78 is 0. The van der Waals surface area contributed by atoms with E-state index in [0.29, 0.717) is 21.3 Å². The number of pyridine rings is 1. The number of rotatable bonds is 3. The number of hydrogen-bond donors (Lipinski definition) is 0. The summed E-state index contributed by atoms with van der Waals surface area (Å²) in [7, 11) is 0. The minimum atomic E-state index is 0.0423. The quantitative estimate of drug-likeness (QED) is 0.606. The number of amides is 1. The highest BCUT2D eigenvalue weighted by Crippen LogP contribution is 2.32. The van der Waals surface area contributed by atoms with E-state index in [1.165, 1.54) is 0 Å². The third-order valence-electron chi connectivity index (χ3n) is 5.26. The Morgan fingerprint density at radius 3 is 2.50 bits per heavy atom. The molecule has 0 spiro atoms. The van der Waals surface area contributed by atoms with Crippen LogP contribution in [0.1, 0.15) is 17.3 Å². The van der Waals surface area contributed by atoms with Gasteiger partial charge in [-0.15, -0.1) is 0 Å².